The van der Waals surface area contributed by atoms with Gasteiger partial charge in [-0.05, 0) is 52.8 Å². The standard InChI is InChI=1S/C19H37NO4Si/c1-12-15(24-25(10,11)18(5,6)7)14-13-22-19(8,9)20(14)16(21)23-17(2,3)4/h12,14-15H,1,13H2,2-11H3/t14-,15+/m0/s1. The van der Waals surface area contributed by atoms with Crippen molar-refractivity contribution in [1.29, 1.82) is 0 Å². The minimum Gasteiger partial charge on any atom is -0.444 e. The highest BCUT2D eigenvalue weighted by atomic mass is 28.4. The Morgan fingerprint density at radius 3 is 2.20 bits per heavy atom. The summed E-state index contributed by atoms with van der Waals surface area (Å²) < 4.78 is 18.0. The van der Waals surface area contributed by atoms with Gasteiger partial charge in [-0.3, -0.25) is 4.90 Å². The molecule has 1 amide bonds. The molecule has 0 bridgehead atoms. The fourth-order valence-corrected chi connectivity index (χ4v) is 3.83. The van der Waals surface area contributed by atoms with E-state index in [9.17, 15) is 4.79 Å². The molecule has 6 heteroatoms. The summed E-state index contributed by atoms with van der Waals surface area (Å²) in [5.41, 5.74) is -1.31. The van der Waals surface area contributed by atoms with E-state index in [-0.39, 0.29) is 23.3 Å². The number of carbonyl (C=O) groups excluding carboxylic acids is 1. The number of hydrogen-bond donors (Lipinski definition) is 0. The summed E-state index contributed by atoms with van der Waals surface area (Å²) in [5.74, 6) is 0. The van der Waals surface area contributed by atoms with E-state index in [1.54, 1.807) is 11.0 Å². The number of rotatable bonds is 4. The van der Waals surface area contributed by atoms with E-state index in [1.807, 2.05) is 34.6 Å². The molecule has 5 nitrogen and oxygen atoms in total. The Bertz CT molecular complexity index is 503. The monoisotopic (exact) mass is 371 g/mol. The second kappa shape index (κ2) is 7.04. The third-order valence-corrected chi connectivity index (χ3v) is 9.43. The zero-order valence-corrected chi connectivity index (χ0v) is 18.7. The van der Waals surface area contributed by atoms with E-state index in [1.165, 1.54) is 0 Å². The van der Waals surface area contributed by atoms with Gasteiger partial charge in [0, 0.05) is 0 Å². The van der Waals surface area contributed by atoms with Gasteiger partial charge in [0.1, 0.15) is 11.3 Å². The van der Waals surface area contributed by atoms with Crippen molar-refractivity contribution in [2.75, 3.05) is 6.61 Å². The topological polar surface area (TPSA) is 48.0 Å². The fraction of sp³-hybridized carbons (Fsp3) is 0.842. The molecule has 25 heavy (non-hydrogen) atoms. The van der Waals surface area contributed by atoms with E-state index in [2.05, 4.69) is 40.4 Å². The van der Waals surface area contributed by atoms with Gasteiger partial charge in [-0.1, -0.05) is 26.8 Å². The number of carbonyl (C=O) groups is 1. The average Bonchev–Trinajstić information content (AvgIpc) is 2.68. The highest BCUT2D eigenvalue weighted by Crippen LogP contribution is 2.39. The van der Waals surface area contributed by atoms with E-state index in [0.29, 0.717) is 6.61 Å². The van der Waals surface area contributed by atoms with Gasteiger partial charge >= 0.3 is 6.09 Å². The Hall–Kier alpha value is -0.853. The third kappa shape index (κ3) is 5.31. The zero-order valence-electron chi connectivity index (χ0n) is 17.7. The maximum atomic E-state index is 12.8. The molecule has 0 aliphatic carbocycles. The largest absolute Gasteiger partial charge is 0.444 e. The van der Waals surface area contributed by atoms with Gasteiger partial charge in [-0.2, -0.15) is 0 Å². The first-order valence-corrected chi connectivity index (χ1v) is 11.9. The van der Waals surface area contributed by atoms with Gasteiger partial charge in [0.05, 0.1) is 18.8 Å². The molecule has 0 N–H and O–H groups in total. The lowest BCUT2D eigenvalue weighted by Gasteiger charge is -2.42. The summed E-state index contributed by atoms with van der Waals surface area (Å²) >= 11 is 0. The molecular weight excluding hydrogens is 334 g/mol. The highest BCUT2D eigenvalue weighted by molar-refractivity contribution is 6.74. The van der Waals surface area contributed by atoms with Crippen LogP contribution in [-0.2, 0) is 13.9 Å². The van der Waals surface area contributed by atoms with Crippen LogP contribution in [0.3, 0.4) is 0 Å². The molecule has 146 valence electrons. The maximum Gasteiger partial charge on any atom is 0.413 e. The van der Waals surface area contributed by atoms with Crippen molar-refractivity contribution in [2.24, 2.45) is 0 Å². The van der Waals surface area contributed by atoms with E-state index >= 15 is 0 Å². The van der Waals surface area contributed by atoms with Gasteiger partial charge in [-0.25, -0.2) is 4.79 Å². The van der Waals surface area contributed by atoms with E-state index < -0.39 is 19.6 Å². The van der Waals surface area contributed by atoms with Gasteiger partial charge in [-0.15, -0.1) is 6.58 Å². The van der Waals surface area contributed by atoms with Crippen LogP contribution in [0.4, 0.5) is 4.79 Å². The average molecular weight is 372 g/mol. The Labute approximate surface area is 154 Å². The molecule has 1 heterocycles. The summed E-state index contributed by atoms with van der Waals surface area (Å²) in [6.07, 6.45) is 1.11. The predicted molar refractivity (Wildman–Crippen MR) is 104 cm³/mol. The van der Waals surface area contributed by atoms with Crippen molar-refractivity contribution in [2.45, 2.75) is 97.0 Å². The van der Waals surface area contributed by atoms with Crippen LogP contribution in [-0.4, -0.2) is 49.4 Å². The smallest absolute Gasteiger partial charge is 0.413 e. The molecule has 0 aromatic rings. The van der Waals surface area contributed by atoms with Crippen LogP contribution in [0.2, 0.25) is 18.1 Å². The molecule has 0 aromatic carbocycles. The van der Waals surface area contributed by atoms with Crippen molar-refractivity contribution in [3.63, 3.8) is 0 Å². The molecule has 1 fully saturated rings. The first-order chi connectivity index (χ1) is 11.0. The zero-order chi connectivity index (χ0) is 19.8. The fourth-order valence-electron chi connectivity index (χ4n) is 2.54. The summed E-state index contributed by atoms with van der Waals surface area (Å²) in [4.78, 5) is 14.5. The second-order valence-electron chi connectivity index (χ2n) is 9.75. The second-order valence-corrected chi connectivity index (χ2v) is 14.5. The Kier molecular flexibility index (Phi) is 6.25. The van der Waals surface area contributed by atoms with Crippen molar-refractivity contribution in [3.8, 4) is 0 Å². The number of amides is 1. The molecule has 0 saturated carbocycles. The van der Waals surface area contributed by atoms with Crippen molar-refractivity contribution < 1.29 is 18.7 Å². The van der Waals surface area contributed by atoms with Gasteiger partial charge in [0.25, 0.3) is 0 Å². The molecular formula is C19H37NO4Si. The number of nitrogens with zero attached hydrogens (tertiary/aromatic N) is 1. The number of hydrogen-bond acceptors (Lipinski definition) is 4. The SMILES string of the molecule is C=C[C@@H](O[Si](C)(C)C(C)(C)C)[C@@H]1COC(C)(C)N1C(=O)OC(C)(C)C. The Balaban J connectivity index is 3.10. The van der Waals surface area contributed by atoms with E-state index in [0.717, 1.165) is 0 Å². The first-order valence-electron chi connectivity index (χ1n) is 8.98. The van der Waals surface area contributed by atoms with Crippen molar-refractivity contribution >= 4 is 14.4 Å². The summed E-state index contributed by atoms with van der Waals surface area (Å²) in [7, 11) is -2.02. The minimum absolute atomic E-state index is 0.0694. The van der Waals surface area contributed by atoms with Crippen LogP contribution in [0.25, 0.3) is 0 Å². The lowest BCUT2D eigenvalue weighted by Crippen LogP contribution is -2.56. The summed E-state index contributed by atoms with van der Waals surface area (Å²) in [6, 6.07) is -0.253. The number of ether oxygens (including phenoxy) is 2. The molecule has 1 saturated heterocycles. The summed E-state index contributed by atoms with van der Waals surface area (Å²) in [6.45, 7) is 24.7. The quantitative estimate of drug-likeness (QED) is 0.519. The van der Waals surface area contributed by atoms with Crippen LogP contribution in [0.15, 0.2) is 12.7 Å². The lowest BCUT2D eigenvalue weighted by molar-refractivity contribution is -0.0656. The lowest BCUT2D eigenvalue weighted by atomic mass is 10.1. The molecule has 1 aliphatic heterocycles. The third-order valence-electron chi connectivity index (χ3n) is 4.96. The molecule has 0 aromatic heterocycles. The Morgan fingerprint density at radius 1 is 1.28 bits per heavy atom. The summed E-state index contributed by atoms with van der Waals surface area (Å²) in [5, 5.41) is 0.0694. The molecule has 0 spiro atoms. The first kappa shape index (κ1) is 22.2. The molecule has 0 unspecified atom stereocenters. The highest BCUT2D eigenvalue weighted by Gasteiger charge is 2.50. The Morgan fingerprint density at radius 2 is 1.80 bits per heavy atom. The van der Waals surface area contributed by atoms with Gasteiger partial charge in [0.2, 0.25) is 0 Å². The molecule has 0 radical (unpaired) electrons. The molecule has 2 atom stereocenters. The van der Waals surface area contributed by atoms with Crippen molar-refractivity contribution in [3.05, 3.63) is 12.7 Å². The minimum atomic E-state index is -2.02. The van der Waals surface area contributed by atoms with Crippen LogP contribution in [0, 0.1) is 0 Å². The van der Waals surface area contributed by atoms with Crippen molar-refractivity contribution in [1.82, 2.24) is 4.90 Å². The predicted octanol–water partition coefficient (Wildman–Crippen LogP) is 4.93. The van der Waals surface area contributed by atoms with Crippen LogP contribution in [0.5, 0.6) is 0 Å². The molecule has 1 rings (SSSR count). The maximum absolute atomic E-state index is 12.8. The normalized spacial score (nSPS) is 22.6. The van der Waals surface area contributed by atoms with Gasteiger partial charge in [0.15, 0.2) is 8.32 Å². The molecule has 1 aliphatic rings. The van der Waals surface area contributed by atoms with E-state index in [4.69, 9.17) is 13.9 Å². The van der Waals surface area contributed by atoms with Crippen LogP contribution < -0.4 is 0 Å². The van der Waals surface area contributed by atoms with Crippen LogP contribution >= 0.6 is 0 Å². The van der Waals surface area contributed by atoms with Gasteiger partial charge < -0.3 is 13.9 Å². The van der Waals surface area contributed by atoms with Crippen LogP contribution in [0.1, 0.15) is 55.4 Å².